The van der Waals surface area contributed by atoms with Gasteiger partial charge in [0, 0.05) is 38.6 Å². The Morgan fingerprint density at radius 1 is 1.16 bits per heavy atom. The molecule has 0 saturated carbocycles. The van der Waals surface area contributed by atoms with Gasteiger partial charge in [-0.25, -0.2) is 14.8 Å². The fourth-order valence-corrected chi connectivity index (χ4v) is 3.88. The summed E-state index contributed by atoms with van der Waals surface area (Å²) in [5.74, 6) is 1.23. The van der Waals surface area contributed by atoms with E-state index in [0.717, 1.165) is 11.4 Å². The number of pyridine rings is 2. The topological polar surface area (TPSA) is 103 Å². The number of amides is 2. The summed E-state index contributed by atoms with van der Waals surface area (Å²) < 4.78 is 5.30. The van der Waals surface area contributed by atoms with Crippen LogP contribution in [-0.4, -0.2) is 65.2 Å². The van der Waals surface area contributed by atoms with Crippen LogP contribution in [0.3, 0.4) is 0 Å². The van der Waals surface area contributed by atoms with E-state index in [0.29, 0.717) is 49.7 Å². The number of cyclic esters (lactones) is 1. The third-order valence-electron chi connectivity index (χ3n) is 5.44. The van der Waals surface area contributed by atoms with Crippen molar-refractivity contribution in [3.05, 3.63) is 47.3 Å². The number of rotatable bonds is 3. The molecule has 4 heterocycles. The van der Waals surface area contributed by atoms with Crippen molar-refractivity contribution in [3.63, 3.8) is 0 Å². The van der Waals surface area contributed by atoms with Crippen molar-refractivity contribution in [1.82, 2.24) is 14.9 Å². The Morgan fingerprint density at radius 2 is 1.90 bits per heavy atom. The van der Waals surface area contributed by atoms with Crippen LogP contribution in [0.5, 0.6) is 0 Å². The molecule has 9 nitrogen and oxygen atoms in total. The van der Waals surface area contributed by atoms with Crippen LogP contribution in [0.15, 0.2) is 30.6 Å². The number of nitrogens with zero attached hydrogens (tertiary/aromatic N) is 6. The largest absolute Gasteiger partial charge is 0.441 e. The van der Waals surface area contributed by atoms with E-state index in [9.17, 15) is 9.59 Å². The van der Waals surface area contributed by atoms with Gasteiger partial charge in [-0.05, 0) is 44.5 Å². The van der Waals surface area contributed by atoms with E-state index in [1.54, 1.807) is 23.2 Å². The summed E-state index contributed by atoms with van der Waals surface area (Å²) in [6.45, 7) is 8.48. The van der Waals surface area contributed by atoms with E-state index in [1.807, 2.05) is 26.8 Å². The Hall–Kier alpha value is -3.67. The predicted molar refractivity (Wildman–Crippen MR) is 114 cm³/mol. The van der Waals surface area contributed by atoms with Crippen LogP contribution >= 0.6 is 0 Å². The number of hydrogen-bond acceptors (Lipinski definition) is 7. The highest BCUT2D eigenvalue weighted by molar-refractivity contribution is 5.95. The second-order valence-electron chi connectivity index (χ2n) is 8.37. The molecule has 0 unspecified atom stereocenters. The molecule has 2 fully saturated rings. The number of carbonyl (C=O) groups is 2. The van der Waals surface area contributed by atoms with E-state index in [-0.39, 0.29) is 5.91 Å². The number of carbonyl (C=O) groups excluding carboxylic acids is 2. The Morgan fingerprint density at radius 3 is 2.45 bits per heavy atom. The summed E-state index contributed by atoms with van der Waals surface area (Å²) in [6.07, 6.45) is 2.65. The second-order valence-corrected chi connectivity index (χ2v) is 8.37. The quantitative estimate of drug-likeness (QED) is 0.751. The molecule has 0 radical (unpaired) electrons. The van der Waals surface area contributed by atoms with Gasteiger partial charge >= 0.3 is 6.09 Å². The van der Waals surface area contributed by atoms with Gasteiger partial charge in [-0.2, -0.15) is 5.26 Å². The summed E-state index contributed by atoms with van der Waals surface area (Å²) >= 11 is 0. The highest BCUT2D eigenvalue weighted by atomic mass is 16.6. The van der Waals surface area contributed by atoms with Crippen molar-refractivity contribution in [1.29, 1.82) is 5.26 Å². The van der Waals surface area contributed by atoms with Gasteiger partial charge in [0.1, 0.15) is 23.3 Å². The van der Waals surface area contributed by atoms with Gasteiger partial charge in [0.25, 0.3) is 5.91 Å². The zero-order valence-corrected chi connectivity index (χ0v) is 17.8. The minimum absolute atomic E-state index is 0.0902. The van der Waals surface area contributed by atoms with Crippen molar-refractivity contribution in [2.75, 3.05) is 42.5 Å². The summed E-state index contributed by atoms with van der Waals surface area (Å²) in [4.78, 5) is 39.0. The molecule has 2 aromatic rings. The van der Waals surface area contributed by atoms with E-state index < -0.39 is 11.7 Å². The Labute approximate surface area is 180 Å². The number of anilines is 2. The second kappa shape index (κ2) is 7.87. The summed E-state index contributed by atoms with van der Waals surface area (Å²) in [5.41, 5.74) is 1.41. The van der Waals surface area contributed by atoms with Crippen molar-refractivity contribution in [2.24, 2.45) is 0 Å². The first-order valence-electron chi connectivity index (χ1n) is 10.1. The summed E-state index contributed by atoms with van der Waals surface area (Å²) in [7, 11) is 0. The van der Waals surface area contributed by atoms with Gasteiger partial charge in [-0.15, -0.1) is 0 Å². The van der Waals surface area contributed by atoms with Crippen molar-refractivity contribution in [3.8, 4) is 6.07 Å². The molecule has 2 aromatic heterocycles. The SMILES string of the molecule is Cc1cc(C#N)cnc1N1CCN(C(=O)c2ccc(N3CC(C)(C)OC3=O)nc2)CC1. The highest BCUT2D eigenvalue weighted by Crippen LogP contribution is 2.26. The molecule has 31 heavy (non-hydrogen) atoms. The maximum atomic E-state index is 12.9. The van der Waals surface area contributed by atoms with Gasteiger partial charge in [0.2, 0.25) is 0 Å². The van der Waals surface area contributed by atoms with Crippen molar-refractivity contribution >= 4 is 23.6 Å². The monoisotopic (exact) mass is 420 g/mol. The van der Waals surface area contributed by atoms with E-state index >= 15 is 0 Å². The van der Waals surface area contributed by atoms with Crippen LogP contribution < -0.4 is 9.80 Å². The molecule has 9 heteroatoms. The first-order valence-corrected chi connectivity index (χ1v) is 10.1. The van der Waals surface area contributed by atoms with Crippen LogP contribution in [-0.2, 0) is 4.74 Å². The molecule has 0 aromatic carbocycles. The van der Waals surface area contributed by atoms with E-state index in [2.05, 4.69) is 20.9 Å². The van der Waals surface area contributed by atoms with Crippen LogP contribution in [0.1, 0.15) is 35.3 Å². The third kappa shape index (κ3) is 4.14. The normalized spacial score (nSPS) is 18.0. The van der Waals surface area contributed by atoms with Crippen molar-refractivity contribution < 1.29 is 14.3 Å². The molecule has 2 amide bonds. The number of hydrogen-bond donors (Lipinski definition) is 0. The van der Waals surface area contributed by atoms with E-state index in [1.165, 1.54) is 11.1 Å². The minimum atomic E-state index is -0.560. The summed E-state index contributed by atoms with van der Waals surface area (Å²) in [6, 6.07) is 7.29. The zero-order chi connectivity index (χ0) is 22.2. The third-order valence-corrected chi connectivity index (χ3v) is 5.44. The Balaban J connectivity index is 1.39. The molecular formula is C22H24N6O3. The standard InChI is InChI=1S/C22H24N6O3/c1-15-10-16(11-23)12-25-19(15)26-6-8-27(9-7-26)20(29)17-4-5-18(24-13-17)28-14-22(2,3)31-21(28)30/h4-5,10,12-13H,6-9,14H2,1-3H3. The van der Waals surface area contributed by atoms with E-state index in [4.69, 9.17) is 10.00 Å². The predicted octanol–water partition coefficient (Wildman–Crippen LogP) is 2.35. The van der Waals surface area contributed by atoms with Gasteiger partial charge < -0.3 is 14.5 Å². The highest BCUT2D eigenvalue weighted by Gasteiger charge is 2.39. The first kappa shape index (κ1) is 20.6. The molecule has 0 spiro atoms. The molecule has 2 aliphatic heterocycles. The molecule has 0 aliphatic carbocycles. The maximum absolute atomic E-state index is 12.9. The Bertz CT molecular complexity index is 1050. The lowest BCUT2D eigenvalue weighted by molar-refractivity contribution is 0.0745. The van der Waals surface area contributed by atoms with Gasteiger partial charge in [-0.1, -0.05) is 0 Å². The van der Waals surface area contributed by atoms with Gasteiger partial charge in [0.15, 0.2) is 0 Å². The molecule has 2 aliphatic rings. The number of nitriles is 1. The van der Waals surface area contributed by atoms with Gasteiger partial charge in [0.05, 0.1) is 17.7 Å². The number of aromatic nitrogens is 2. The van der Waals surface area contributed by atoms with Crippen LogP contribution in [0.4, 0.5) is 16.4 Å². The lowest BCUT2D eigenvalue weighted by Gasteiger charge is -2.36. The molecule has 160 valence electrons. The van der Waals surface area contributed by atoms with Crippen LogP contribution in [0.2, 0.25) is 0 Å². The molecule has 0 N–H and O–H groups in total. The average molecular weight is 420 g/mol. The number of piperazine rings is 1. The molecule has 0 bridgehead atoms. The Kier molecular flexibility index (Phi) is 5.23. The molecular weight excluding hydrogens is 396 g/mol. The average Bonchev–Trinajstić information content (AvgIpc) is 3.05. The maximum Gasteiger partial charge on any atom is 0.416 e. The number of aryl methyl sites for hydroxylation is 1. The molecule has 2 saturated heterocycles. The van der Waals surface area contributed by atoms with Crippen molar-refractivity contribution in [2.45, 2.75) is 26.4 Å². The number of ether oxygens (including phenoxy) is 1. The fraction of sp³-hybridized carbons (Fsp3) is 0.409. The molecule has 4 rings (SSSR count). The first-order chi connectivity index (χ1) is 14.8. The molecule has 0 atom stereocenters. The minimum Gasteiger partial charge on any atom is -0.441 e. The summed E-state index contributed by atoms with van der Waals surface area (Å²) in [5, 5.41) is 9.00. The fourth-order valence-electron chi connectivity index (χ4n) is 3.88. The lowest BCUT2D eigenvalue weighted by atomic mass is 10.1. The lowest BCUT2D eigenvalue weighted by Crippen LogP contribution is -2.49. The van der Waals surface area contributed by atoms with Gasteiger partial charge in [-0.3, -0.25) is 9.69 Å². The zero-order valence-electron chi connectivity index (χ0n) is 17.8. The van der Waals surface area contributed by atoms with Crippen LogP contribution in [0, 0.1) is 18.3 Å². The van der Waals surface area contributed by atoms with Crippen LogP contribution in [0.25, 0.3) is 0 Å². The smallest absolute Gasteiger partial charge is 0.416 e.